The molecule has 1 aliphatic rings. The average Bonchev–Trinajstić information content (AvgIpc) is 2.47. The highest BCUT2D eigenvalue weighted by Crippen LogP contribution is 2.39. The highest BCUT2D eigenvalue weighted by atomic mass is 16.5. The first-order valence-electron chi connectivity index (χ1n) is 8.00. The topological polar surface area (TPSA) is 68.2 Å². The van der Waals surface area contributed by atoms with Gasteiger partial charge in [0.25, 0.3) is 5.91 Å². The molecule has 6 nitrogen and oxygen atoms in total. The Morgan fingerprint density at radius 3 is 1.96 bits per heavy atom. The number of likely N-dealkylation sites (tertiary alicyclic amines) is 1. The second kappa shape index (κ2) is 7.08. The lowest BCUT2D eigenvalue weighted by Gasteiger charge is -2.44. The van der Waals surface area contributed by atoms with Crippen LogP contribution in [-0.4, -0.2) is 54.4 Å². The van der Waals surface area contributed by atoms with Crippen molar-refractivity contribution in [1.29, 1.82) is 0 Å². The maximum atomic E-state index is 12.6. The molecule has 0 aliphatic carbocycles. The number of rotatable bonds is 7. The van der Waals surface area contributed by atoms with Gasteiger partial charge in [-0.15, -0.1) is 0 Å². The molecule has 1 N–H and O–H groups in total. The van der Waals surface area contributed by atoms with E-state index in [2.05, 4.69) is 0 Å². The Morgan fingerprint density at radius 1 is 1.09 bits per heavy atom. The van der Waals surface area contributed by atoms with Crippen LogP contribution in [0.3, 0.4) is 0 Å². The molecule has 1 aliphatic heterocycles. The predicted molar refractivity (Wildman–Crippen MR) is 86.5 cm³/mol. The van der Waals surface area contributed by atoms with Crippen molar-refractivity contribution in [3.8, 4) is 17.2 Å². The van der Waals surface area contributed by atoms with E-state index in [0.29, 0.717) is 55.7 Å². The largest absolute Gasteiger partial charge is 0.490 e. The summed E-state index contributed by atoms with van der Waals surface area (Å²) in [5.41, 5.74) is -0.331. The molecule has 1 amide bonds. The molecule has 0 unspecified atom stereocenters. The number of aliphatic hydroxyl groups is 1. The first-order valence-corrected chi connectivity index (χ1v) is 8.00. The van der Waals surface area contributed by atoms with Crippen molar-refractivity contribution in [3.05, 3.63) is 17.7 Å². The van der Waals surface area contributed by atoms with Gasteiger partial charge in [0.15, 0.2) is 11.5 Å². The molecule has 1 saturated heterocycles. The van der Waals surface area contributed by atoms with Crippen LogP contribution in [0.25, 0.3) is 0 Å². The van der Waals surface area contributed by atoms with Gasteiger partial charge in [-0.2, -0.15) is 0 Å². The van der Waals surface area contributed by atoms with Gasteiger partial charge in [-0.05, 0) is 39.8 Å². The summed E-state index contributed by atoms with van der Waals surface area (Å²) < 4.78 is 16.9. The molecule has 1 fully saturated rings. The van der Waals surface area contributed by atoms with E-state index in [-0.39, 0.29) is 5.91 Å². The Hall–Kier alpha value is -1.95. The molecular formula is C17H25NO5. The first-order chi connectivity index (χ1) is 10.9. The molecule has 0 atom stereocenters. The van der Waals surface area contributed by atoms with Crippen LogP contribution >= 0.6 is 0 Å². The third kappa shape index (κ3) is 3.88. The molecule has 0 aromatic heterocycles. The third-order valence-electron chi connectivity index (χ3n) is 3.51. The van der Waals surface area contributed by atoms with Crippen molar-refractivity contribution in [2.45, 2.75) is 33.3 Å². The zero-order valence-corrected chi connectivity index (χ0v) is 14.2. The van der Waals surface area contributed by atoms with Crippen molar-refractivity contribution in [2.24, 2.45) is 0 Å². The number of amides is 1. The second-order valence-electron chi connectivity index (χ2n) is 5.76. The summed E-state index contributed by atoms with van der Waals surface area (Å²) in [6, 6.07) is 3.35. The molecule has 0 bridgehead atoms. The minimum atomic E-state index is -0.799. The van der Waals surface area contributed by atoms with Gasteiger partial charge < -0.3 is 24.2 Å². The monoisotopic (exact) mass is 323 g/mol. The van der Waals surface area contributed by atoms with Crippen molar-refractivity contribution in [3.63, 3.8) is 0 Å². The van der Waals surface area contributed by atoms with E-state index in [9.17, 15) is 9.90 Å². The van der Waals surface area contributed by atoms with E-state index in [1.807, 2.05) is 20.8 Å². The second-order valence-corrected chi connectivity index (χ2v) is 5.76. The molecule has 6 heteroatoms. The van der Waals surface area contributed by atoms with Gasteiger partial charge >= 0.3 is 0 Å². The van der Waals surface area contributed by atoms with Gasteiger partial charge in [0.2, 0.25) is 5.75 Å². The molecule has 0 spiro atoms. The van der Waals surface area contributed by atoms with Crippen molar-refractivity contribution < 1.29 is 24.1 Å². The lowest BCUT2D eigenvalue weighted by atomic mass is 9.96. The Kier molecular flexibility index (Phi) is 5.36. The fraction of sp³-hybridized carbons (Fsp3) is 0.588. The van der Waals surface area contributed by atoms with E-state index in [4.69, 9.17) is 14.2 Å². The Morgan fingerprint density at radius 2 is 1.57 bits per heavy atom. The maximum absolute atomic E-state index is 12.6. The zero-order chi connectivity index (χ0) is 17.0. The van der Waals surface area contributed by atoms with Gasteiger partial charge in [-0.1, -0.05) is 0 Å². The number of ether oxygens (including phenoxy) is 3. The van der Waals surface area contributed by atoms with Gasteiger partial charge in [0.05, 0.1) is 38.5 Å². The standard InChI is InChI=1S/C17H25NO5/c1-5-21-13-8-12(16(19)18-10-17(4,20)11-18)9-14(22-6-2)15(13)23-7-3/h8-9,20H,5-7,10-11H2,1-4H3. The van der Waals surface area contributed by atoms with E-state index < -0.39 is 5.60 Å². The van der Waals surface area contributed by atoms with Crippen molar-refractivity contribution in [1.82, 2.24) is 4.90 Å². The highest BCUT2D eigenvalue weighted by molar-refractivity contribution is 5.96. The van der Waals surface area contributed by atoms with E-state index >= 15 is 0 Å². The van der Waals surface area contributed by atoms with Crippen LogP contribution in [0.4, 0.5) is 0 Å². The van der Waals surface area contributed by atoms with Crippen LogP contribution < -0.4 is 14.2 Å². The maximum Gasteiger partial charge on any atom is 0.254 e. The molecular weight excluding hydrogens is 298 g/mol. The minimum absolute atomic E-state index is 0.151. The summed E-state index contributed by atoms with van der Waals surface area (Å²) in [5.74, 6) is 1.36. The Balaban J connectivity index is 2.34. The lowest BCUT2D eigenvalue weighted by molar-refractivity contribution is -0.0668. The molecule has 2 rings (SSSR count). The van der Waals surface area contributed by atoms with Gasteiger partial charge in [-0.25, -0.2) is 0 Å². The van der Waals surface area contributed by atoms with Crippen LogP contribution in [0.15, 0.2) is 12.1 Å². The van der Waals surface area contributed by atoms with Gasteiger partial charge in [0.1, 0.15) is 0 Å². The normalized spacial score (nSPS) is 15.8. The fourth-order valence-electron chi connectivity index (χ4n) is 2.61. The number of nitrogens with zero attached hydrogens (tertiary/aromatic N) is 1. The van der Waals surface area contributed by atoms with Gasteiger partial charge in [-0.3, -0.25) is 4.79 Å². The summed E-state index contributed by atoms with van der Waals surface area (Å²) >= 11 is 0. The molecule has 128 valence electrons. The molecule has 1 aromatic carbocycles. The van der Waals surface area contributed by atoms with Crippen LogP contribution in [0.1, 0.15) is 38.1 Å². The van der Waals surface area contributed by atoms with Gasteiger partial charge in [0, 0.05) is 5.56 Å². The molecule has 23 heavy (non-hydrogen) atoms. The summed E-state index contributed by atoms with van der Waals surface area (Å²) in [6.45, 7) is 9.39. The number of carbonyl (C=O) groups is 1. The van der Waals surface area contributed by atoms with Crippen molar-refractivity contribution in [2.75, 3.05) is 32.9 Å². The molecule has 0 saturated carbocycles. The quantitative estimate of drug-likeness (QED) is 0.832. The van der Waals surface area contributed by atoms with Crippen LogP contribution in [0.2, 0.25) is 0 Å². The highest BCUT2D eigenvalue weighted by Gasteiger charge is 2.40. The van der Waals surface area contributed by atoms with Crippen LogP contribution in [0.5, 0.6) is 17.2 Å². The third-order valence-corrected chi connectivity index (χ3v) is 3.51. The molecule has 0 radical (unpaired) electrons. The number of carbonyl (C=O) groups excluding carboxylic acids is 1. The number of β-amino-alcohol motifs (C(OH)–C–C–N with tert-alkyl or cyclic N) is 1. The van der Waals surface area contributed by atoms with E-state index in [1.165, 1.54) is 0 Å². The lowest BCUT2D eigenvalue weighted by Crippen LogP contribution is -2.61. The number of hydrogen-bond acceptors (Lipinski definition) is 5. The fourth-order valence-corrected chi connectivity index (χ4v) is 2.61. The summed E-state index contributed by atoms with van der Waals surface area (Å²) in [7, 11) is 0. The minimum Gasteiger partial charge on any atom is -0.490 e. The SMILES string of the molecule is CCOc1cc(C(=O)N2CC(C)(O)C2)cc(OCC)c1OCC. The molecule has 1 heterocycles. The first kappa shape index (κ1) is 17.4. The Labute approximate surface area is 136 Å². The van der Waals surface area contributed by atoms with Crippen LogP contribution in [-0.2, 0) is 0 Å². The number of hydrogen-bond donors (Lipinski definition) is 1. The van der Waals surface area contributed by atoms with Crippen molar-refractivity contribution >= 4 is 5.91 Å². The summed E-state index contributed by atoms with van der Waals surface area (Å²) in [6.07, 6.45) is 0. The summed E-state index contributed by atoms with van der Waals surface area (Å²) in [4.78, 5) is 14.2. The summed E-state index contributed by atoms with van der Waals surface area (Å²) in [5, 5.41) is 9.81. The average molecular weight is 323 g/mol. The van der Waals surface area contributed by atoms with E-state index in [1.54, 1.807) is 24.0 Å². The molecule has 1 aromatic rings. The Bertz CT molecular complexity index is 535. The van der Waals surface area contributed by atoms with Crippen LogP contribution in [0, 0.1) is 0 Å². The number of benzene rings is 1. The van der Waals surface area contributed by atoms with E-state index in [0.717, 1.165) is 0 Å². The predicted octanol–water partition coefficient (Wildman–Crippen LogP) is 2.09. The smallest absolute Gasteiger partial charge is 0.254 e. The zero-order valence-electron chi connectivity index (χ0n) is 14.2.